The van der Waals surface area contributed by atoms with Crippen molar-refractivity contribution < 1.29 is 13.2 Å². The maximum Gasteiger partial charge on any atom is 0.161 e. The third kappa shape index (κ3) is 2.73. The van der Waals surface area contributed by atoms with Crippen LogP contribution in [0.15, 0.2) is 24.4 Å². The van der Waals surface area contributed by atoms with E-state index in [-0.39, 0.29) is 5.56 Å². The molecule has 0 saturated carbocycles. The molecule has 0 saturated heterocycles. The first-order valence-electron chi connectivity index (χ1n) is 6.78. The van der Waals surface area contributed by atoms with Crippen molar-refractivity contribution in [3.63, 3.8) is 0 Å². The fraction of sp³-hybridized carbons (Fsp3) is 0.267. The number of rotatable bonds is 2. The number of fused-ring (bicyclic) bond motifs is 1. The Morgan fingerprint density at radius 1 is 1.18 bits per heavy atom. The van der Waals surface area contributed by atoms with Crippen LogP contribution in [0.5, 0.6) is 0 Å². The summed E-state index contributed by atoms with van der Waals surface area (Å²) in [4.78, 5) is 6.25. The van der Waals surface area contributed by atoms with Gasteiger partial charge in [0.15, 0.2) is 11.6 Å². The molecule has 2 heterocycles. The van der Waals surface area contributed by atoms with Crippen molar-refractivity contribution in [1.82, 2.24) is 4.98 Å². The largest absolute Gasteiger partial charge is 0.367 e. The number of hydrogen-bond donors (Lipinski definition) is 1. The molecule has 0 bridgehead atoms. The van der Waals surface area contributed by atoms with Gasteiger partial charge in [-0.15, -0.1) is 0 Å². The van der Waals surface area contributed by atoms with Gasteiger partial charge in [0, 0.05) is 34.5 Å². The molecule has 1 aromatic heterocycles. The van der Waals surface area contributed by atoms with Crippen LogP contribution in [0.4, 0.5) is 24.7 Å². The van der Waals surface area contributed by atoms with Gasteiger partial charge >= 0.3 is 0 Å². The summed E-state index contributed by atoms with van der Waals surface area (Å²) >= 11 is 2.15. The Morgan fingerprint density at radius 3 is 2.68 bits per heavy atom. The molecule has 1 aliphatic rings. The van der Waals surface area contributed by atoms with Gasteiger partial charge in [-0.25, -0.2) is 18.2 Å². The van der Waals surface area contributed by atoms with E-state index in [4.69, 9.17) is 0 Å². The Bertz CT molecular complexity index is 723. The van der Waals surface area contributed by atoms with E-state index in [2.05, 4.69) is 32.9 Å². The standard InChI is InChI=1S/C15H13F3IN3/c1-8(10-5-12(17)13(18)6-11(10)16)22-3-2-20-15-14(22)4-9(19)7-21-15/h4-8H,2-3H2,1H3,(H,20,21). The highest BCUT2D eigenvalue weighted by Crippen LogP contribution is 2.35. The van der Waals surface area contributed by atoms with E-state index in [1.807, 2.05) is 11.0 Å². The monoisotopic (exact) mass is 419 g/mol. The zero-order valence-electron chi connectivity index (χ0n) is 11.7. The SMILES string of the molecule is CC(c1cc(F)c(F)cc1F)N1CCNc2ncc(I)cc21. The Hall–Kier alpha value is -1.51. The van der Waals surface area contributed by atoms with E-state index in [0.29, 0.717) is 25.0 Å². The van der Waals surface area contributed by atoms with E-state index in [9.17, 15) is 13.2 Å². The summed E-state index contributed by atoms with van der Waals surface area (Å²) in [7, 11) is 0. The molecule has 3 rings (SSSR count). The van der Waals surface area contributed by atoms with Crippen LogP contribution in [0.3, 0.4) is 0 Å². The third-order valence-electron chi connectivity index (χ3n) is 3.75. The second-order valence-corrected chi connectivity index (χ2v) is 6.35. The van der Waals surface area contributed by atoms with Crippen molar-refractivity contribution in [3.8, 4) is 0 Å². The van der Waals surface area contributed by atoms with Crippen molar-refractivity contribution in [3.05, 3.63) is 51.0 Å². The van der Waals surface area contributed by atoms with E-state index in [1.54, 1.807) is 13.1 Å². The highest BCUT2D eigenvalue weighted by molar-refractivity contribution is 14.1. The Balaban J connectivity index is 2.02. The summed E-state index contributed by atoms with van der Waals surface area (Å²) in [5.74, 6) is -2.25. The van der Waals surface area contributed by atoms with Gasteiger partial charge in [-0.05, 0) is 41.6 Å². The molecule has 116 valence electrons. The average Bonchev–Trinajstić information content (AvgIpc) is 2.49. The molecule has 7 heteroatoms. The third-order valence-corrected chi connectivity index (χ3v) is 4.34. The number of halogens is 4. The van der Waals surface area contributed by atoms with Crippen LogP contribution in [-0.4, -0.2) is 18.1 Å². The van der Waals surface area contributed by atoms with Gasteiger partial charge in [-0.3, -0.25) is 0 Å². The first-order chi connectivity index (χ1) is 10.5. The van der Waals surface area contributed by atoms with Crippen molar-refractivity contribution in [2.45, 2.75) is 13.0 Å². The molecular formula is C15H13F3IN3. The van der Waals surface area contributed by atoms with Crippen LogP contribution in [-0.2, 0) is 0 Å². The number of nitrogens with one attached hydrogen (secondary N) is 1. The molecule has 1 aromatic carbocycles. The first kappa shape index (κ1) is 15.4. The van der Waals surface area contributed by atoms with Crippen LogP contribution < -0.4 is 10.2 Å². The lowest BCUT2D eigenvalue weighted by Gasteiger charge is -2.36. The lowest BCUT2D eigenvalue weighted by atomic mass is 10.0. The number of hydrogen-bond acceptors (Lipinski definition) is 3. The Labute approximate surface area is 139 Å². The minimum atomic E-state index is -1.18. The summed E-state index contributed by atoms with van der Waals surface area (Å²) in [5, 5.41) is 3.18. The Kier molecular flexibility index (Phi) is 4.16. The molecule has 0 fully saturated rings. The van der Waals surface area contributed by atoms with Crippen LogP contribution >= 0.6 is 22.6 Å². The zero-order chi connectivity index (χ0) is 15.9. The van der Waals surface area contributed by atoms with Crippen LogP contribution in [0, 0.1) is 21.0 Å². The van der Waals surface area contributed by atoms with Crippen molar-refractivity contribution in [2.24, 2.45) is 0 Å². The first-order valence-corrected chi connectivity index (χ1v) is 7.85. The van der Waals surface area contributed by atoms with Gasteiger partial charge in [0.25, 0.3) is 0 Å². The molecule has 1 unspecified atom stereocenters. The van der Waals surface area contributed by atoms with Gasteiger partial charge in [-0.1, -0.05) is 0 Å². The molecule has 1 atom stereocenters. The summed E-state index contributed by atoms with van der Waals surface area (Å²) in [6.45, 7) is 3.04. The Morgan fingerprint density at radius 2 is 1.91 bits per heavy atom. The van der Waals surface area contributed by atoms with Crippen molar-refractivity contribution in [2.75, 3.05) is 23.3 Å². The summed E-state index contributed by atoms with van der Waals surface area (Å²) in [6.07, 6.45) is 1.73. The molecule has 22 heavy (non-hydrogen) atoms. The highest BCUT2D eigenvalue weighted by Gasteiger charge is 2.26. The molecule has 0 aliphatic carbocycles. The van der Waals surface area contributed by atoms with E-state index >= 15 is 0 Å². The molecule has 0 amide bonds. The minimum absolute atomic E-state index is 0.130. The van der Waals surface area contributed by atoms with Crippen LogP contribution in [0.1, 0.15) is 18.5 Å². The predicted octanol–water partition coefficient (Wildman–Crippen LogP) is 4.10. The second-order valence-electron chi connectivity index (χ2n) is 5.11. The minimum Gasteiger partial charge on any atom is -0.367 e. The smallest absolute Gasteiger partial charge is 0.161 e. The predicted molar refractivity (Wildman–Crippen MR) is 87.5 cm³/mol. The second kappa shape index (κ2) is 5.94. The number of pyridine rings is 1. The van der Waals surface area contributed by atoms with Gasteiger partial charge in [0.05, 0.1) is 11.7 Å². The van der Waals surface area contributed by atoms with Crippen molar-refractivity contribution >= 4 is 34.1 Å². The fourth-order valence-electron chi connectivity index (χ4n) is 2.63. The maximum absolute atomic E-state index is 14.0. The summed E-state index contributed by atoms with van der Waals surface area (Å²) in [5.41, 5.74) is 0.959. The van der Waals surface area contributed by atoms with E-state index in [1.165, 1.54) is 0 Å². The average molecular weight is 419 g/mol. The number of aromatic nitrogens is 1. The molecule has 0 spiro atoms. The number of anilines is 2. The molecule has 3 nitrogen and oxygen atoms in total. The highest BCUT2D eigenvalue weighted by atomic mass is 127. The number of benzene rings is 1. The van der Waals surface area contributed by atoms with Crippen molar-refractivity contribution in [1.29, 1.82) is 0 Å². The summed E-state index contributed by atoms with van der Waals surface area (Å²) < 4.78 is 41.5. The summed E-state index contributed by atoms with van der Waals surface area (Å²) in [6, 6.07) is 3.02. The van der Waals surface area contributed by atoms with Gasteiger partial charge in [0.1, 0.15) is 11.6 Å². The van der Waals surface area contributed by atoms with E-state index in [0.717, 1.165) is 15.3 Å². The molecule has 0 radical (unpaired) electrons. The quantitative estimate of drug-likeness (QED) is 0.587. The van der Waals surface area contributed by atoms with Gasteiger partial charge in [0.2, 0.25) is 0 Å². The van der Waals surface area contributed by atoms with Crippen LogP contribution in [0.25, 0.3) is 0 Å². The molecule has 1 N–H and O–H groups in total. The van der Waals surface area contributed by atoms with Gasteiger partial charge in [-0.2, -0.15) is 0 Å². The van der Waals surface area contributed by atoms with Gasteiger partial charge < -0.3 is 10.2 Å². The topological polar surface area (TPSA) is 28.2 Å². The zero-order valence-corrected chi connectivity index (χ0v) is 13.9. The van der Waals surface area contributed by atoms with E-state index < -0.39 is 23.5 Å². The van der Waals surface area contributed by atoms with Crippen LogP contribution in [0.2, 0.25) is 0 Å². The fourth-order valence-corrected chi connectivity index (χ4v) is 3.06. The molecule has 2 aromatic rings. The molecule has 1 aliphatic heterocycles. The lowest BCUT2D eigenvalue weighted by molar-refractivity contribution is 0.483. The maximum atomic E-state index is 14.0. The lowest BCUT2D eigenvalue weighted by Crippen LogP contribution is -2.37. The number of nitrogens with zero attached hydrogens (tertiary/aromatic N) is 2. The molecular weight excluding hydrogens is 406 g/mol. The normalized spacial score (nSPS) is 15.2.